The van der Waals surface area contributed by atoms with E-state index in [4.69, 9.17) is 0 Å². The van der Waals surface area contributed by atoms with Gasteiger partial charge in [0.1, 0.15) is 0 Å². The minimum absolute atomic E-state index is 0.307. The number of nitrogens with zero attached hydrogens (tertiary/aromatic N) is 2. The highest BCUT2D eigenvalue weighted by atomic mass is 15.3. The molecule has 0 aliphatic carbocycles. The molecule has 0 fully saturated rings. The lowest BCUT2D eigenvalue weighted by atomic mass is 9.97. The number of nitrogens with one attached hydrogen (secondary N) is 1. The molecule has 0 aliphatic heterocycles. The summed E-state index contributed by atoms with van der Waals surface area (Å²) in [5, 5.41) is 8.05. The molecule has 2 aromatic rings. The van der Waals surface area contributed by atoms with Crippen LogP contribution in [0.4, 0.5) is 0 Å². The predicted octanol–water partition coefficient (Wildman–Crippen LogP) is 4.09. The average molecular weight is 285 g/mol. The molecule has 21 heavy (non-hydrogen) atoms. The van der Waals surface area contributed by atoms with Crippen molar-refractivity contribution in [3.63, 3.8) is 0 Å². The zero-order valence-corrected chi connectivity index (χ0v) is 13.8. The van der Waals surface area contributed by atoms with Gasteiger partial charge in [0.15, 0.2) is 0 Å². The molecule has 1 aromatic heterocycles. The topological polar surface area (TPSA) is 29.9 Å². The molecule has 3 heteroatoms. The molecular formula is C18H27N3. The number of rotatable bonds is 6. The molecule has 0 radical (unpaired) electrons. The summed E-state index contributed by atoms with van der Waals surface area (Å²) in [5.41, 5.74) is 3.84. The highest BCUT2D eigenvalue weighted by Crippen LogP contribution is 2.21. The SMILES string of the molecule is CNC(Cc1ccn(C(C)C)n1)c1ccc(C(C)C)cc1. The van der Waals surface area contributed by atoms with Gasteiger partial charge in [-0.15, -0.1) is 0 Å². The van der Waals surface area contributed by atoms with E-state index in [1.165, 1.54) is 11.1 Å². The van der Waals surface area contributed by atoms with Crippen molar-refractivity contribution in [2.75, 3.05) is 7.05 Å². The Kier molecular flexibility index (Phi) is 5.18. The molecule has 1 N–H and O–H groups in total. The van der Waals surface area contributed by atoms with Crippen LogP contribution in [0.25, 0.3) is 0 Å². The fraction of sp³-hybridized carbons (Fsp3) is 0.500. The summed E-state index contributed by atoms with van der Waals surface area (Å²) in [5.74, 6) is 0.578. The van der Waals surface area contributed by atoms with E-state index in [1.54, 1.807) is 0 Å². The molecule has 1 aromatic carbocycles. The molecule has 114 valence electrons. The fourth-order valence-electron chi connectivity index (χ4n) is 2.48. The van der Waals surface area contributed by atoms with Gasteiger partial charge in [0.25, 0.3) is 0 Å². The minimum Gasteiger partial charge on any atom is -0.313 e. The zero-order chi connectivity index (χ0) is 15.4. The van der Waals surface area contributed by atoms with Crippen LogP contribution in [0.1, 0.15) is 62.5 Å². The average Bonchev–Trinajstić information content (AvgIpc) is 2.93. The van der Waals surface area contributed by atoms with Gasteiger partial charge in [0.2, 0.25) is 0 Å². The van der Waals surface area contributed by atoms with Crippen molar-refractivity contribution in [1.29, 1.82) is 0 Å². The molecule has 0 saturated heterocycles. The minimum atomic E-state index is 0.307. The Morgan fingerprint density at radius 2 is 1.62 bits per heavy atom. The predicted molar refractivity (Wildman–Crippen MR) is 88.6 cm³/mol. The Morgan fingerprint density at radius 3 is 2.10 bits per heavy atom. The van der Waals surface area contributed by atoms with Crippen LogP contribution in [-0.4, -0.2) is 16.8 Å². The molecule has 2 rings (SSSR count). The lowest BCUT2D eigenvalue weighted by molar-refractivity contribution is 0.515. The van der Waals surface area contributed by atoms with E-state index in [-0.39, 0.29) is 0 Å². The lowest BCUT2D eigenvalue weighted by Gasteiger charge is -2.16. The van der Waals surface area contributed by atoms with Crippen molar-refractivity contribution >= 4 is 0 Å². The summed E-state index contributed by atoms with van der Waals surface area (Å²) in [7, 11) is 2.01. The standard InChI is InChI=1S/C18H27N3/c1-13(2)15-6-8-16(9-7-15)18(19-5)12-17-10-11-21(20-17)14(3)4/h6-11,13-14,18-19H,12H2,1-5H3. The molecule has 0 bridgehead atoms. The van der Waals surface area contributed by atoms with Gasteiger partial charge in [-0.1, -0.05) is 38.1 Å². The number of hydrogen-bond donors (Lipinski definition) is 1. The quantitative estimate of drug-likeness (QED) is 0.866. The van der Waals surface area contributed by atoms with Gasteiger partial charge in [0, 0.05) is 24.7 Å². The normalized spacial score (nSPS) is 13.1. The first-order valence-corrected chi connectivity index (χ1v) is 7.82. The molecule has 1 heterocycles. The van der Waals surface area contributed by atoms with Gasteiger partial charge in [-0.25, -0.2) is 0 Å². The molecule has 0 saturated carbocycles. The summed E-state index contributed by atoms with van der Waals surface area (Å²) in [4.78, 5) is 0. The second-order valence-corrected chi connectivity index (χ2v) is 6.25. The third-order valence-electron chi connectivity index (χ3n) is 3.96. The van der Waals surface area contributed by atoms with Crippen LogP contribution in [0.2, 0.25) is 0 Å². The zero-order valence-electron chi connectivity index (χ0n) is 13.8. The summed E-state index contributed by atoms with van der Waals surface area (Å²) in [6.07, 6.45) is 2.98. The molecule has 3 nitrogen and oxygen atoms in total. The lowest BCUT2D eigenvalue weighted by Crippen LogP contribution is -2.19. The maximum absolute atomic E-state index is 4.65. The summed E-state index contributed by atoms with van der Waals surface area (Å²) < 4.78 is 2.02. The third-order valence-corrected chi connectivity index (χ3v) is 3.96. The monoisotopic (exact) mass is 285 g/mol. The van der Waals surface area contributed by atoms with Gasteiger partial charge >= 0.3 is 0 Å². The molecule has 0 aliphatic rings. The van der Waals surface area contributed by atoms with Crippen LogP contribution in [-0.2, 0) is 6.42 Å². The first kappa shape index (κ1) is 15.8. The summed E-state index contributed by atoms with van der Waals surface area (Å²) in [6, 6.07) is 11.8. The van der Waals surface area contributed by atoms with Crippen LogP contribution in [0.5, 0.6) is 0 Å². The van der Waals surface area contributed by atoms with E-state index in [9.17, 15) is 0 Å². The third kappa shape index (κ3) is 3.94. The van der Waals surface area contributed by atoms with Crippen LogP contribution in [0.3, 0.4) is 0 Å². The Labute approximate surface area is 128 Å². The van der Waals surface area contributed by atoms with Crippen LogP contribution in [0, 0.1) is 0 Å². The number of likely N-dealkylation sites (N-methyl/N-ethyl adjacent to an activating group) is 1. The second-order valence-electron chi connectivity index (χ2n) is 6.25. The largest absolute Gasteiger partial charge is 0.313 e. The van der Waals surface area contributed by atoms with Gasteiger partial charge in [0.05, 0.1) is 5.69 Å². The van der Waals surface area contributed by atoms with E-state index in [1.807, 2.05) is 11.7 Å². The van der Waals surface area contributed by atoms with Crippen molar-refractivity contribution in [2.24, 2.45) is 0 Å². The summed E-state index contributed by atoms with van der Waals surface area (Å²) in [6.45, 7) is 8.75. The van der Waals surface area contributed by atoms with Gasteiger partial charge in [-0.2, -0.15) is 5.10 Å². The van der Waals surface area contributed by atoms with Crippen molar-refractivity contribution in [3.05, 3.63) is 53.3 Å². The highest BCUT2D eigenvalue weighted by molar-refractivity contribution is 5.27. The van der Waals surface area contributed by atoms with Crippen LogP contribution >= 0.6 is 0 Å². The van der Waals surface area contributed by atoms with Crippen molar-refractivity contribution in [2.45, 2.75) is 52.1 Å². The van der Waals surface area contributed by atoms with Crippen molar-refractivity contribution in [1.82, 2.24) is 15.1 Å². The molecule has 0 spiro atoms. The van der Waals surface area contributed by atoms with E-state index in [0.29, 0.717) is 18.0 Å². The van der Waals surface area contributed by atoms with Gasteiger partial charge in [-0.05, 0) is 44.0 Å². The second kappa shape index (κ2) is 6.90. The molecule has 0 amide bonds. The Bertz CT molecular complexity index is 552. The van der Waals surface area contributed by atoms with Gasteiger partial charge < -0.3 is 5.32 Å². The first-order valence-electron chi connectivity index (χ1n) is 7.82. The Balaban J connectivity index is 2.11. The van der Waals surface area contributed by atoms with Gasteiger partial charge in [-0.3, -0.25) is 4.68 Å². The molecule has 1 unspecified atom stereocenters. The van der Waals surface area contributed by atoms with E-state index in [0.717, 1.165) is 12.1 Å². The first-order chi connectivity index (χ1) is 10.0. The van der Waals surface area contributed by atoms with Crippen molar-refractivity contribution in [3.8, 4) is 0 Å². The Hall–Kier alpha value is -1.61. The molecule has 1 atom stereocenters. The summed E-state index contributed by atoms with van der Waals surface area (Å²) >= 11 is 0. The van der Waals surface area contributed by atoms with Crippen LogP contribution in [0.15, 0.2) is 36.5 Å². The number of hydrogen-bond acceptors (Lipinski definition) is 2. The van der Waals surface area contributed by atoms with E-state index in [2.05, 4.69) is 74.6 Å². The fourth-order valence-corrected chi connectivity index (χ4v) is 2.48. The maximum atomic E-state index is 4.65. The maximum Gasteiger partial charge on any atom is 0.0643 e. The van der Waals surface area contributed by atoms with E-state index < -0.39 is 0 Å². The molecular weight excluding hydrogens is 258 g/mol. The Morgan fingerprint density at radius 1 is 1.00 bits per heavy atom. The van der Waals surface area contributed by atoms with Crippen molar-refractivity contribution < 1.29 is 0 Å². The number of benzene rings is 1. The highest BCUT2D eigenvalue weighted by Gasteiger charge is 2.13. The smallest absolute Gasteiger partial charge is 0.0643 e. The van der Waals surface area contributed by atoms with Crippen LogP contribution < -0.4 is 5.32 Å². The van der Waals surface area contributed by atoms with E-state index >= 15 is 0 Å². The number of aromatic nitrogens is 2.